The maximum Gasteiger partial charge on any atom is 0.223 e. The summed E-state index contributed by atoms with van der Waals surface area (Å²) in [4.78, 5) is 13.1. The van der Waals surface area contributed by atoms with E-state index in [1.165, 1.54) is 18.7 Å². The number of ether oxygens (including phenoxy) is 1. The van der Waals surface area contributed by atoms with E-state index in [1.54, 1.807) is 31.6 Å². The second-order valence-electron chi connectivity index (χ2n) is 6.93. The van der Waals surface area contributed by atoms with Crippen molar-refractivity contribution in [3.8, 4) is 23.0 Å². The number of halogens is 1. The molecule has 1 atom stereocenters. The molecular weight excluding hydrogens is 401 g/mol. The molecule has 0 aliphatic carbocycles. The topological polar surface area (TPSA) is 97.8 Å². The van der Waals surface area contributed by atoms with Crippen molar-refractivity contribution in [1.29, 1.82) is 5.41 Å². The Kier molecular flexibility index (Phi) is 5.50. The lowest BCUT2D eigenvalue weighted by Gasteiger charge is -2.28. The molecule has 8 heteroatoms. The number of pyridine rings is 1. The average molecular weight is 422 g/mol. The van der Waals surface area contributed by atoms with Gasteiger partial charge in [0.05, 0.1) is 0 Å². The van der Waals surface area contributed by atoms with Gasteiger partial charge in [0.15, 0.2) is 11.0 Å². The Labute approximate surface area is 177 Å². The normalized spacial score (nSPS) is 15.5. The summed E-state index contributed by atoms with van der Waals surface area (Å²) in [6, 6.07) is 9.33. The second-order valence-corrected chi connectivity index (χ2v) is 7.99. The number of amidine groups is 1. The number of hydrogen-bond acceptors (Lipinski definition) is 6. The zero-order valence-corrected chi connectivity index (χ0v) is 17.3. The van der Waals surface area contributed by atoms with Gasteiger partial charge in [0.2, 0.25) is 5.88 Å². The molecule has 3 aromatic rings. The van der Waals surface area contributed by atoms with Crippen molar-refractivity contribution in [2.24, 2.45) is 5.73 Å². The molecule has 4 rings (SSSR count). The van der Waals surface area contributed by atoms with Crippen molar-refractivity contribution in [1.82, 2.24) is 15.0 Å². The van der Waals surface area contributed by atoms with Crippen molar-refractivity contribution < 1.29 is 9.13 Å². The molecule has 1 aliphatic rings. The number of rotatable bonds is 4. The summed E-state index contributed by atoms with van der Waals surface area (Å²) in [7, 11) is 0. The lowest BCUT2D eigenvalue weighted by molar-refractivity contribution is 0.431. The Hall–Kier alpha value is -3.26. The van der Waals surface area contributed by atoms with Crippen LogP contribution >= 0.6 is 11.8 Å². The summed E-state index contributed by atoms with van der Waals surface area (Å²) < 4.78 is 19.9. The number of hydrogen-bond donors (Lipinski definition) is 2. The third-order valence-electron chi connectivity index (χ3n) is 5.03. The largest absolute Gasteiger partial charge is 0.438 e. The standard InChI is InChI=1S/C22H20FN5OS/c1-12(13(2)23)14-4-5-19-16(8-14)18(11-30-22(24)25)17-9-15(10-28-21(17)29-19)20-26-6-3-7-27-20/h3-10,18H,11H2,1-2H3,(H3,24,25). The molecule has 0 saturated carbocycles. The third-order valence-corrected chi connectivity index (χ3v) is 5.84. The predicted molar refractivity (Wildman–Crippen MR) is 117 cm³/mol. The summed E-state index contributed by atoms with van der Waals surface area (Å²) in [5.41, 5.74) is 9.50. The Morgan fingerprint density at radius 2 is 1.93 bits per heavy atom. The van der Waals surface area contributed by atoms with E-state index in [0.29, 0.717) is 28.8 Å². The SMILES string of the molecule is CC(F)=C(C)c1ccc2c(c1)C(CSC(=N)N)c1cc(-c3ncccn3)cnc1O2. The van der Waals surface area contributed by atoms with Gasteiger partial charge in [-0.1, -0.05) is 17.8 Å². The highest BCUT2D eigenvalue weighted by Crippen LogP contribution is 2.46. The summed E-state index contributed by atoms with van der Waals surface area (Å²) >= 11 is 1.25. The van der Waals surface area contributed by atoms with Crippen molar-refractivity contribution in [3.05, 3.63) is 71.4 Å². The Bertz CT molecular complexity index is 1150. The molecule has 0 radical (unpaired) electrons. The number of aromatic nitrogens is 3. The molecule has 30 heavy (non-hydrogen) atoms. The lowest BCUT2D eigenvalue weighted by Crippen LogP contribution is -2.16. The highest BCUT2D eigenvalue weighted by molar-refractivity contribution is 8.13. The van der Waals surface area contributed by atoms with Gasteiger partial charge in [-0.15, -0.1) is 0 Å². The van der Waals surface area contributed by atoms with Crippen LogP contribution in [0.1, 0.15) is 36.5 Å². The first-order valence-corrected chi connectivity index (χ1v) is 10.3. The van der Waals surface area contributed by atoms with Gasteiger partial charge in [0.1, 0.15) is 11.6 Å². The summed E-state index contributed by atoms with van der Waals surface area (Å²) in [5, 5.41) is 7.68. The van der Waals surface area contributed by atoms with Crippen LogP contribution in [0.3, 0.4) is 0 Å². The van der Waals surface area contributed by atoms with E-state index in [2.05, 4.69) is 15.0 Å². The summed E-state index contributed by atoms with van der Waals surface area (Å²) in [6.45, 7) is 3.19. The van der Waals surface area contributed by atoms with E-state index in [4.69, 9.17) is 15.9 Å². The molecule has 6 nitrogen and oxygen atoms in total. The highest BCUT2D eigenvalue weighted by Gasteiger charge is 2.30. The van der Waals surface area contributed by atoms with E-state index in [-0.39, 0.29) is 16.9 Å². The Balaban J connectivity index is 1.83. The van der Waals surface area contributed by atoms with Crippen LogP contribution in [-0.2, 0) is 0 Å². The van der Waals surface area contributed by atoms with Gasteiger partial charge in [-0.05, 0) is 49.2 Å². The third kappa shape index (κ3) is 3.91. The molecule has 0 spiro atoms. The van der Waals surface area contributed by atoms with Crippen LogP contribution in [0, 0.1) is 5.41 Å². The van der Waals surface area contributed by atoms with Gasteiger partial charge in [0.25, 0.3) is 0 Å². The highest BCUT2D eigenvalue weighted by atomic mass is 32.2. The molecule has 1 aliphatic heterocycles. The molecule has 3 heterocycles. The van der Waals surface area contributed by atoms with Crippen LogP contribution in [0.5, 0.6) is 11.6 Å². The first-order valence-electron chi connectivity index (χ1n) is 9.33. The molecule has 2 aromatic heterocycles. The molecular formula is C22H20FN5OS. The monoisotopic (exact) mass is 421 g/mol. The van der Waals surface area contributed by atoms with E-state index in [0.717, 1.165) is 22.3 Å². The zero-order valence-electron chi connectivity index (χ0n) is 16.5. The Morgan fingerprint density at radius 1 is 1.17 bits per heavy atom. The molecule has 3 N–H and O–H groups in total. The van der Waals surface area contributed by atoms with E-state index in [1.807, 2.05) is 24.3 Å². The Morgan fingerprint density at radius 3 is 2.63 bits per heavy atom. The summed E-state index contributed by atoms with van der Waals surface area (Å²) in [6.07, 6.45) is 5.04. The first kappa shape index (κ1) is 20.0. The number of benzene rings is 1. The van der Waals surface area contributed by atoms with Crippen molar-refractivity contribution in [2.75, 3.05) is 5.75 Å². The number of nitrogens with one attached hydrogen (secondary N) is 1. The molecule has 1 aromatic carbocycles. The van der Waals surface area contributed by atoms with Crippen molar-refractivity contribution in [3.63, 3.8) is 0 Å². The predicted octanol–water partition coefficient (Wildman–Crippen LogP) is 5.12. The maximum atomic E-state index is 13.8. The minimum atomic E-state index is -0.230. The van der Waals surface area contributed by atoms with Crippen molar-refractivity contribution in [2.45, 2.75) is 19.8 Å². The second kappa shape index (κ2) is 8.23. The quantitative estimate of drug-likeness (QED) is 0.448. The average Bonchev–Trinajstić information content (AvgIpc) is 2.75. The molecule has 0 saturated heterocycles. The van der Waals surface area contributed by atoms with Gasteiger partial charge < -0.3 is 10.5 Å². The van der Waals surface area contributed by atoms with Crippen LogP contribution in [-0.4, -0.2) is 25.9 Å². The zero-order chi connectivity index (χ0) is 21.3. The van der Waals surface area contributed by atoms with Gasteiger partial charge >= 0.3 is 0 Å². The van der Waals surface area contributed by atoms with Crippen LogP contribution in [0.25, 0.3) is 17.0 Å². The molecule has 0 amide bonds. The number of thioether (sulfide) groups is 1. The molecule has 1 unspecified atom stereocenters. The summed E-state index contributed by atoms with van der Waals surface area (Å²) in [5.74, 6) is 1.89. The fourth-order valence-electron chi connectivity index (χ4n) is 3.34. The smallest absolute Gasteiger partial charge is 0.223 e. The van der Waals surface area contributed by atoms with Crippen molar-refractivity contribution >= 4 is 22.5 Å². The number of allylic oxidation sites excluding steroid dienone is 2. The fraction of sp³-hybridized carbons (Fsp3) is 0.182. The van der Waals surface area contributed by atoms with E-state index >= 15 is 0 Å². The number of nitrogens with zero attached hydrogens (tertiary/aromatic N) is 3. The molecule has 0 bridgehead atoms. The van der Waals surface area contributed by atoms with Crippen LogP contribution < -0.4 is 10.5 Å². The lowest BCUT2D eigenvalue weighted by atomic mass is 9.88. The number of fused-ring (bicyclic) bond motifs is 2. The van der Waals surface area contributed by atoms with Gasteiger partial charge in [0, 0.05) is 47.0 Å². The molecule has 0 fully saturated rings. The maximum absolute atomic E-state index is 13.8. The minimum absolute atomic E-state index is 0.0342. The van der Waals surface area contributed by atoms with Crippen LogP contribution in [0.15, 0.2) is 54.7 Å². The fourth-order valence-corrected chi connectivity index (χ4v) is 4.05. The van der Waals surface area contributed by atoms with Gasteiger partial charge in [-0.2, -0.15) is 0 Å². The first-order chi connectivity index (χ1) is 14.4. The van der Waals surface area contributed by atoms with Crippen LogP contribution in [0.4, 0.5) is 4.39 Å². The minimum Gasteiger partial charge on any atom is -0.438 e. The number of nitrogens with two attached hydrogens (primary N) is 1. The van der Waals surface area contributed by atoms with Gasteiger partial charge in [-0.3, -0.25) is 5.41 Å². The van der Waals surface area contributed by atoms with E-state index in [9.17, 15) is 4.39 Å². The van der Waals surface area contributed by atoms with E-state index < -0.39 is 0 Å². The van der Waals surface area contributed by atoms with Gasteiger partial charge in [-0.25, -0.2) is 19.3 Å². The van der Waals surface area contributed by atoms with Crippen LogP contribution in [0.2, 0.25) is 0 Å². The molecule has 152 valence electrons.